The number of halogens is 1. The van der Waals surface area contributed by atoms with Crippen LogP contribution in [0.25, 0.3) is 10.9 Å². The Morgan fingerprint density at radius 1 is 1.14 bits per heavy atom. The first-order valence-corrected chi connectivity index (χ1v) is 9.32. The summed E-state index contributed by atoms with van der Waals surface area (Å²) >= 11 is 0. The van der Waals surface area contributed by atoms with E-state index in [1.54, 1.807) is 4.90 Å². The van der Waals surface area contributed by atoms with Gasteiger partial charge in [0.2, 0.25) is 5.95 Å². The summed E-state index contributed by atoms with van der Waals surface area (Å²) in [6.45, 7) is 5.15. The van der Waals surface area contributed by atoms with E-state index in [1.165, 1.54) is 11.8 Å². The Hall–Kier alpha value is -2.75. The van der Waals surface area contributed by atoms with Gasteiger partial charge >= 0.3 is 0 Å². The van der Waals surface area contributed by atoms with Crippen LogP contribution in [-0.4, -0.2) is 65.3 Å². The lowest BCUT2D eigenvalue weighted by atomic mass is 10.2. The number of anilines is 3. The molecule has 1 fully saturated rings. The minimum absolute atomic E-state index is 0. The van der Waals surface area contributed by atoms with Crippen LogP contribution in [0, 0.1) is 0 Å². The monoisotopic (exact) mass is 416 g/mol. The van der Waals surface area contributed by atoms with Gasteiger partial charge in [0.15, 0.2) is 0 Å². The molecule has 1 saturated heterocycles. The lowest BCUT2D eigenvalue weighted by Gasteiger charge is -2.27. The standard InChI is InChI=1S/C19H24N8O.ClH/c1-26(2)19-23-15-11-21-25-18(28)16(15)17(24-19)22-14-5-3-13(4-6-14)12-27-9-7-20-8-10-27;/h3-6,11,20H,7-10,12H2,1-2H3,(H,25,28)(H,22,23,24);1H. The molecule has 1 aliphatic rings. The van der Waals surface area contributed by atoms with Crippen molar-refractivity contribution in [3.8, 4) is 0 Å². The number of rotatable bonds is 5. The lowest BCUT2D eigenvalue weighted by molar-refractivity contribution is 0.233. The number of nitrogens with one attached hydrogen (secondary N) is 3. The summed E-state index contributed by atoms with van der Waals surface area (Å²) in [5.41, 5.74) is 2.31. The second-order valence-electron chi connectivity index (χ2n) is 7.07. The molecule has 10 heteroatoms. The summed E-state index contributed by atoms with van der Waals surface area (Å²) in [6.07, 6.45) is 1.53. The van der Waals surface area contributed by atoms with Crippen molar-refractivity contribution in [3.63, 3.8) is 0 Å². The molecule has 2 aromatic heterocycles. The van der Waals surface area contributed by atoms with E-state index in [2.05, 4.69) is 47.8 Å². The number of fused-ring (bicyclic) bond motifs is 1. The first kappa shape index (κ1) is 21.0. The van der Waals surface area contributed by atoms with Gasteiger partial charge in [0.1, 0.15) is 16.7 Å². The Kier molecular flexibility index (Phi) is 6.63. The topological polar surface area (TPSA) is 102 Å². The maximum atomic E-state index is 12.3. The molecule has 9 nitrogen and oxygen atoms in total. The van der Waals surface area contributed by atoms with Crippen molar-refractivity contribution in [1.29, 1.82) is 0 Å². The summed E-state index contributed by atoms with van der Waals surface area (Å²) in [5, 5.41) is 13.3. The average molecular weight is 417 g/mol. The molecule has 1 aliphatic heterocycles. The van der Waals surface area contributed by atoms with E-state index < -0.39 is 0 Å². The highest BCUT2D eigenvalue weighted by atomic mass is 35.5. The molecule has 1 aromatic carbocycles. The van der Waals surface area contributed by atoms with Gasteiger partial charge in [-0.3, -0.25) is 9.69 Å². The van der Waals surface area contributed by atoms with Gasteiger partial charge in [-0.05, 0) is 17.7 Å². The van der Waals surface area contributed by atoms with E-state index in [-0.39, 0.29) is 18.0 Å². The molecule has 3 heterocycles. The van der Waals surface area contributed by atoms with Crippen molar-refractivity contribution < 1.29 is 0 Å². The minimum atomic E-state index is -0.319. The van der Waals surface area contributed by atoms with Gasteiger partial charge in [-0.25, -0.2) is 10.1 Å². The first-order chi connectivity index (χ1) is 13.6. The third-order valence-electron chi connectivity index (χ3n) is 4.74. The van der Waals surface area contributed by atoms with E-state index in [1.807, 2.05) is 26.2 Å². The van der Waals surface area contributed by atoms with Gasteiger partial charge in [0, 0.05) is 52.5 Å². The van der Waals surface area contributed by atoms with E-state index in [0.717, 1.165) is 38.4 Å². The van der Waals surface area contributed by atoms with Crippen molar-refractivity contribution in [2.24, 2.45) is 0 Å². The first-order valence-electron chi connectivity index (χ1n) is 9.32. The van der Waals surface area contributed by atoms with Gasteiger partial charge in [-0.2, -0.15) is 10.1 Å². The third kappa shape index (κ3) is 4.81. The number of aromatic nitrogens is 4. The number of aromatic amines is 1. The van der Waals surface area contributed by atoms with Gasteiger partial charge in [-0.15, -0.1) is 12.4 Å². The number of benzene rings is 1. The van der Waals surface area contributed by atoms with E-state index in [0.29, 0.717) is 22.7 Å². The molecular weight excluding hydrogens is 392 g/mol. The summed E-state index contributed by atoms with van der Waals surface area (Å²) in [7, 11) is 3.72. The number of piperazine rings is 1. The highest BCUT2D eigenvalue weighted by Gasteiger charge is 2.14. The van der Waals surface area contributed by atoms with Crippen LogP contribution in [0.2, 0.25) is 0 Å². The predicted octanol–water partition coefficient (Wildman–Crippen LogP) is 1.35. The van der Waals surface area contributed by atoms with Crippen LogP contribution in [0.4, 0.5) is 17.5 Å². The molecule has 3 aromatic rings. The van der Waals surface area contributed by atoms with Crippen LogP contribution in [0.15, 0.2) is 35.3 Å². The quantitative estimate of drug-likeness (QED) is 0.573. The van der Waals surface area contributed by atoms with Crippen LogP contribution >= 0.6 is 12.4 Å². The van der Waals surface area contributed by atoms with Crippen molar-refractivity contribution in [2.45, 2.75) is 6.54 Å². The molecule has 0 spiro atoms. The van der Waals surface area contributed by atoms with Crippen LogP contribution in [0.1, 0.15) is 5.56 Å². The molecular formula is C19H25ClN8O. The van der Waals surface area contributed by atoms with E-state index >= 15 is 0 Å². The van der Waals surface area contributed by atoms with Gasteiger partial charge < -0.3 is 15.5 Å². The third-order valence-corrected chi connectivity index (χ3v) is 4.74. The smallest absolute Gasteiger partial charge is 0.277 e. The van der Waals surface area contributed by atoms with Crippen molar-refractivity contribution in [1.82, 2.24) is 30.4 Å². The van der Waals surface area contributed by atoms with Crippen molar-refractivity contribution >= 4 is 40.8 Å². The molecule has 0 aliphatic carbocycles. The van der Waals surface area contributed by atoms with Crippen molar-refractivity contribution in [2.75, 3.05) is 50.5 Å². The fourth-order valence-corrected chi connectivity index (χ4v) is 3.24. The molecule has 3 N–H and O–H groups in total. The average Bonchev–Trinajstić information content (AvgIpc) is 2.70. The summed E-state index contributed by atoms with van der Waals surface area (Å²) in [4.78, 5) is 25.4. The molecule has 4 rings (SSSR count). The molecule has 0 atom stereocenters. The fourth-order valence-electron chi connectivity index (χ4n) is 3.24. The highest BCUT2D eigenvalue weighted by Crippen LogP contribution is 2.23. The number of nitrogens with zero attached hydrogens (tertiary/aromatic N) is 5. The van der Waals surface area contributed by atoms with Crippen LogP contribution in [0.3, 0.4) is 0 Å². The Morgan fingerprint density at radius 3 is 2.55 bits per heavy atom. The molecule has 154 valence electrons. The van der Waals surface area contributed by atoms with Gasteiger partial charge in [-0.1, -0.05) is 12.1 Å². The predicted molar refractivity (Wildman–Crippen MR) is 117 cm³/mol. The summed E-state index contributed by atoms with van der Waals surface area (Å²) in [5.74, 6) is 0.977. The normalized spacial score (nSPS) is 14.4. The molecule has 0 amide bonds. The van der Waals surface area contributed by atoms with Crippen molar-refractivity contribution in [3.05, 3.63) is 46.4 Å². The minimum Gasteiger partial charge on any atom is -0.347 e. The second kappa shape index (κ2) is 9.17. The Bertz CT molecular complexity index is 1010. The van der Waals surface area contributed by atoms with Crippen LogP contribution in [-0.2, 0) is 6.54 Å². The molecule has 29 heavy (non-hydrogen) atoms. The zero-order valence-corrected chi connectivity index (χ0v) is 17.3. The fraction of sp³-hybridized carbons (Fsp3) is 0.368. The Labute approximate surface area is 174 Å². The molecule has 0 unspecified atom stereocenters. The number of H-pyrrole nitrogens is 1. The zero-order chi connectivity index (χ0) is 19.5. The lowest BCUT2D eigenvalue weighted by Crippen LogP contribution is -2.42. The van der Waals surface area contributed by atoms with Crippen LogP contribution < -0.4 is 21.1 Å². The maximum Gasteiger partial charge on any atom is 0.277 e. The maximum absolute atomic E-state index is 12.3. The molecule has 0 saturated carbocycles. The van der Waals surface area contributed by atoms with E-state index in [4.69, 9.17) is 0 Å². The number of hydrogen-bond donors (Lipinski definition) is 3. The van der Waals surface area contributed by atoms with Crippen LogP contribution in [0.5, 0.6) is 0 Å². The largest absolute Gasteiger partial charge is 0.347 e. The second-order valence-corrected chi connectivity index (χ2v) is 7.07. The highest BCUT2D eigenvalue weighted by molar-refractivity contribution is 5.90. The number of hydrogen-bond acceptors (Lipinski definition) is 8. The van der Waals surface area contributed by atoms with E-state index in [9.17, 15) is 4.79 Å². The zero-order valence-electron chi connectivity index (χ0n) is 16.5. The Morgan fingerprint density at radius 2 is 1.86 bits per heavy atom. The van der Waals surface area contributed by atoms with Gasteiger partial charge in [0.25, 0.3) is 5.56 Å². The Balaban J connectivity index is 0.00000240. The van der Waals surface area contributed by atoms with Gasteiger partial charge in [0.05, 0.1) is 6.20 Å². The molecule has 0 bridgehead atoms. The summed E-state index contributed by atoms with van der Waals surface area (Å²) in [6, 6.07) is 8.23. The summed E-state index contributed by atoms with van der Waals surface area (Å²) < 4.78 is 0. The molecule has 0 radical (unpaired) electrons. The SMILES string of the molecule is CN(C)c1nc(Nc2ccc(CN3CCNCC3)cc2)c2c(=O)[nH]ncc2n1.Cl.